The smallest absolute Gasteiger partial charge is 0.321 e. The molecule has 0 bridgehead atoms. The van der Waals surface area contributed by atoms with E-state index in [-0.39, 0.29) is 17.4 Å². The monoisotopic (exact) mass is 361 g/mol. The first kappa shape index (κ1) is 18.8. The number of imide groups is 1. The van der Waals surface area contributed by atoms with Crippen molar-refractivity contribution < 1.29 is 14.3 Å². The molecule has 0 radical (unpaired) electrons. The fraction of sp³-hybridized carbons (Fsp3) is 0.389. The van der Waals surface area contributed by atoms with Crippen molar-refractivity contribution in [3.05, 3.63) is 40.4 Å². The van der Waals surface area contributed by atoms with Gasteiger partial charge in [0, 0.05) is 6.54 Å². The second-order valence-corrected chi connectivity index (χ2v) is 6.12. The summed E-state index contributed by atoms with van der Waals surface area (Å²) in [5.41, 5.74) is 1.76. The minimum Gasteiger partial charge on any atom is -0.482 e. The topological polar surface area (TPSA) is 91.2 Å². The highest BCUT2D eigenvalue weighted by atomic mass is 35.5. The number of amides is 3. The van der Waals surface area contributed by atoms with Gasteiger partial charge in [-0.25, -0.2) is 4.79 Å². The van der Waals surface area contributed by atoms with E-state index >= 15 is 0 Å². The van der Waals surface area contributed by atoms with E-state index in [9.17, 15) is 9.59 Å². The minimum atomic E-state index is -0.574. The molecule has 1 aliphatic rings. The summed E-state index contributed by atoms with van der Waals surface area (Å²) in [5, 5.41) is 13.9. The number of nitriles is 1. The molecule has 1 aliphatic carbocycles. The lowest BCUT2D eigenvalue weighted by Gasteiger charge is -2.13. The predicted octanol–water partition coefficient (Wildman–Crippen LogP) is 3.31. The summed E-state index contributed by atoms with van der Waals surface area (Å²) in [6, 6.07) is 5.89. The summed E-state index contributed by atoms with van der Waals surface area (Å²) in [6.45, 7) is 0.150. The van der Waals surface area contributed by atoms with Crippen LogP contribution >= 0.6 is 11.6 Å². The molecule has 0 aliphatic heterocycles. The van der Waals surface area contributed by atoms with Gasteiger partial charge in [0.05, 0.1) is 16.7 Å². The van der Waals surface area contributed by atoms with Crippen LogP contribution in [0.15, 0.2) is 29.8 Å². The summed E-state index contributed by atoms with van der Waals surface area (Å²) >= 11 is 5.95. The van der Waals surface area contributed by atoms with Crippen LogP contribution in [0.5, 0.6) is 5.75 Å². The highest BCUT2D eigenvalue weighted by Crippen LogP contribution is 2.25. The number of benzene rings is 1. The van der Waals surface area contributed by atoms with Crippen molar-refractivity contribution in [2.45, 2.75) is 32.1 Å². The lowest BCUT2D eigenvalue weighted by Crippen LogP contribution is -2.42. The van der Waals surface area contributed by atoms with Crippen LogP contribution in [-0.2, 0) is 4.79 Å². The van der Waals surface area contributed by atoms with E-state index in [1.54, 1.807) is 0 Å². The molecule has 0 heterocycles. The number of ether oxygens (including phenoxy) is 1. The maximum atomic E-state index is 11.7. The van der Waals surface area contributed by atoms with E-state index in [1.165, 1.54) is 36.6 Å². The van der Waals surface area contributed by atoms with Gasteiger partial charge in [0.25, 0.3) is 5.91 Å². The van der Waals surface area contributed by atoms with E-state index in [4.69, 9.17) is 21.6 Å². The number of allylic oxidation sites excluding steroid dienone is 1. The molecule has 1 aromatic carbocycles. The number of nitrogens with one attached hydrogen (secondary N) is 2. The number of rotatable bonds is 6. The third-order valence-corrected chi connectivity index (χ3v) is 4.08. The number of urea groups is 1. The number of carbonyl (C=O) groups is 2. The molecule has 0 aromatic heterocycles. The average molecular weight is 362 g/mol. The zero-order valence-electron chi connectivity index (χ0n) is 13.8. The summed E-state index contributed by atoms with van der Waals surface area (Å²) < 4.78 is 5.26. The number of hydrogen-bond acceptors (Lipinski definition) is 4. The quantitative estimate of drug-likeness (QED) is 0.760. The zero-order valence-corrected chi connectivity index (χ0v) is 14.6. The Morgan fingerprint density at radius 3 is 2.84 bits per heavy atom. The maximum absolute atomic E-state index is 11.7. The summed E-state index contributed by atoms with van der Waals surface area (Å²) in [7, 11) is 0. The Morgan fingerprint density at radius 2 is 2.16 bits per heavy atom. The molecule has 1 aromatic rings. The van der Waals surface area contributed by atoms with Crippen molar-refractivity contribution in [1.29, 1.82) is 5.26 Å². The molecule has 0 saturated carbocycles. The fourth-order valence-corrected chi connectivity index (χ4v) is 2.74. The second-order valence-electron chi connectivity index (χ2n) is 5.71. The van der Waals surface area contributed by atoms with Gasteiger partial charge in [0.2, 0.25) is 0 Å². The van der Waals surface area contributed by atoms with E-state index < -0.39 is 11.9 Å². The number of carbonyl (C=O) groups excluding carboxylic acids is 2. The molecule has 0 atom stereocenters. The van der Waals surface area contributed by atoms with Crippen LogP contribution in [0, 0.1) is 11.3 Å². The van der Waals surface area contributed by atoms with Crippen molar-refractivity contribution in [2.75, 3.05) is 13.2 Å². The van der Waals surface area contributed by atoms with Crippen LogP contribution in [-0.4, -0.2) is 25.1 Å². The molecule has 0 fully saturated rings. The van der Waals surface area contributed by atoms with Gasteiger partial charge < -0.3 is 10.1 Å². The van der Waals surface area contributed by atoms with Gasteiger partial charge in [0.1, 0.15) is 5.75 Å². The Balaban J connectivity index is 1.68. The van der Waals surface area contributed by atoms with Gasteiger partial charge >= 0.3 is 6.03 Å². The zero-order chi connectivity index (χ0) is 18.1. The first-order valence-corrected chi connectivity index (χ1v) is 8.54. The van der Waals surface area contributed by atoms with Gasteiger partial charge in [-0.3, -0.25) is 10.1 Å². The first-order valence-electron chi connectivity index (χ1n) is 8.16. The van der Waals surface area contributed by atoms with E-state index in [0.717, 1.165) is 19.3 Å². The fourth-order valence-electron chi connectivity index (χ4n) is 2.51. The Labute approximate surface area is 151 Å². The Bertz CT molecular complexity index is 710. The number of hydrogen-bond donors (Lipinski definition) is 2. The number of halogens is 1. The van der Waals surface area contributed by atoms with Gasteiger partial charge in [-0.2, -0.15) is 5.26 Å². The summed E-state index contributed by atoms with van der Waals surface area (Å²) in [6.07, 6.45) is 7.65. The predicted molar refractivity (Wildman–Crippen MR) is 94.4 cm³/mol. The highest BCUT2D eigenvalue weighted by molar-refractivity contribution is 6.32. The van der Waals surface area contributed by atoms with Crippen molar-refractivity contribution in [2.24, 2.45) is 0 Å². The van der Waals surface area contributed by atoms with Crippen LogP contribution < -0.4 is 15.4 Å². The molecule has 0 saturated heterocycles. The molecular formula is C18H20ClN3O3. The van der Waals surface area contributed by atoms with Crippen LogP contribution in [0.1, 0.15) is 37.7 Å². The molecule has 132 valence electrons. The Morgan fingerprint density at radius 1 is 1.32 bits per heavy atom. The van der Waals surface area contributed by atoms with Crippen molar-refractivity contribution >= 4 is 23.5 Å². The SMILES string of the molecule is N#Cc1ccc(OCC(=O)NC(=O)NCCC2=CCCCC2)c(Cl)c1. The second kappa shape index (κ2) is 9.70. The first-order chi connectivity index (χ1) is 12.1. The standard InChI is InChI=1S/C18H20ClN3O3/c19-15-10-14(11-20)6-7-16(15)25-12-17(23)22-18(24)21-9-8-13-4-2-1-3-5-13/h4,6-7,10H,1-3,5,8-9,12H2,(H2,21,22,23,24). The Hall–Kier alpha value is -2.52. The van der Waals surface area contributed by atoms with E-state index in [2.05, 4.69) is 16.7 Å². The number of nitrogens with zero attached hydrogens (tertiary/aromatic N) is 1. The van der Waals surface area contributed by atoms with Gasteiger partial charge in [-0.05, 0) is 50.3 Å². The van der Waals surface area contributed by atoms with Crippen molar-refractivity contribution in [3.8, 4) is 11.8 Å². The molecule has 25 heavy (non-hydrogen) atoms. The van der Waals surface area contributed by atoms with Crippen LogP contribution in [0.4, 0.5) is 4.79 Å². The normalized spacial score (nSPS) is 13.4. The molecule has 2 rings (SSSR count). The molecular weight excluding hydrogens is 342 g/mol. The van der Waals surface area contributed by atoms with Gasteiger partial charge in [-0.15, -0.1) is 0 Å². The lowest BCUT2D eigenvalue weighted by molar-refractivity contribution is -0.122. The van der Waals surface area contributed by atoms with Gasteiger partial charge in [0.15, 0.2) is 6.61 Å². The maximum Gasteiger partial charge on any atom is 0.321 e. The van der Waals surface area contributed by atoms with Crippen molar-refractivity contribution in [3.63, 3.8) is 0 Å². The molecule has 0 spiro atoms. The summed E-state index contributed by atoms with van der Waals surface area (Å²) in [4.78, 5) is 23.4. The highest BCUT2D eigenvalue weighted by Gasteiger charge is 2.10. The van der Waals surface area contributed by atoms with E-state index in [0.29, 0.717) is 12.1 Å². The molecule has 2 N–H and O–H groups in total. The van der Waals surface area contributed by atoms with E-state index in [1.807, 2.05) is 6.07 Å². The summed E-state index contributed by atoms with van der Waals surface area (Å²) in [5.74, 6) is -0.296. The van der Waals surface area contributed by atoms with Crippen molar-refractivity contribution in [1.82, 2.24) is 10.6 Å². The molecule has 6 nitrogen and oxygen atoms in total. The van der Waals surface area contributed by atoms with Crippen LogP contribution in [0.2, 0.25) is 5.02 Å². The molecule has 3 amide bonds. The van der Waals surface area contributed by atoms with Crippen LogP contribution in [0.25, 0.3) is 0 Å². The van der Waals surface area contributed by atoms with Crippen LogP contribution in [0.3, 0.4) is 0 Å². The van der Waals surface area contributed by atoms with Gasteiger partial charge in [-0.1, -0.05) is 23.3 Å². The third-order valence-electron chi connectivity index (χ3n) is 3.79. The lowest BCUT2D eigenvalue weighted by atomic mass is 9.97. The molecule has 7 heteroatoms. The average Bonchev–Trinajstić information content (AvgIpc) is 2.61. The largest absolute Gasteiger partial charge is 0.482 e. The molecule has 0 unspecified atom stereocenters. The minimum absolute atomic E-state index is 0.233. The Kier molecular flexibility index (Phi) is 7.30. The third kappa shape index (κ3) is 6.48.